The second kappa shape index (κ2) is 4.47. The summed E-state index contributed by atoms with van der Waals surface area (Å²) in [6.45, 7) is 4.56. The number of nitrogens with zero attached hydrogens (tertiary/aromatic N) is 4. The summed E-state index contributed by atoms with van der Waals surface area (Å²) in [5.41, 5.74) is 6.50. The average Bonchev–Trinajstić information content (AvgIpc) is 3.02. The van der Waals surface area contributed by atoms with Gasteiger partial charge in [-0.1, -0.05) is 35.3 Å². The first kappa shape index (κ1) is 14.0. The van der Waals surface area contributed by atoms with Gasteiger partial charge in [-0.05, 0) is 42.8 Å². The van der Waals surface area contributed by atoms with Gasteiger partial charge in [-0.25, -0.2) is 9.55 Å². The van der Waals surface area contributed by atoms with E-state index in [1.807, 2.05) is 6.07 Å². The van der Waals surface area contributed by atoms with Gasteiger partial charge in [-0.15, -0.1) is 0 Å². The molecule has 3 aromatic heterocycles. The molecule has 0 saturated heterocycles. The Labute approximate surface area is 150 Å². The first-order valence-electron chi connectivity index (χ1n) is 8.86. The van der Waals surface area contributed by atoms with Gasteiger partial charge in [0.1, 0.15) is 11.2 Å². The van der Waals surface area contributed by atoms with E-state index < -0.39 is 0 Å². The van der Waals surface area contributed by atoms with Crippen molar-refractivity contribution in [2.75, 3.05) is 0 Å². The van der Waals surface area contributed by atoms with E-state index in [1.54, 1.807) is 6.33 Å². The molecule has 4 heterocycles. The van der Waals surface area contributed by atoms with Crippen molar-refractivity contribution in [2.24, 2.45) is 0 Å². The fraction of sp³-hybridized carbons (Fsp3) is 0.136. The van der Waals surface area contributed by atoms with E-state index in [4.69, 9.17) is 4.98 Å². The molecule has 0 amide bonds. The molecule has 6 rings (SSSR count). The number of fused-ring (bicyclic) bond motifs is 6. The van der Waals surface area contributed by atoms with E-state index in [9.17, 15) is 0 Å². The predicted octanol–water partition coefficient (Wildman–Crippen LogP) is 4.09. The van der Waals surface area contributed by atoms with Gasteiger partial charge in [0.15, 0.2) is 6.33 Å². The van der Waals surface area contributed by atoms with Crippen LogP contribution >= 0.6 is 0 Å². The van der Waals surface area contributed by atoms with Gasteiger partial charge in [-0.3, -0.25) is 0 Å². The first-order valence-corrected chi connectivity index (χ1v) is 8.86. The molecule has 1 aliphatic rings. The number of benzene rings is 2. The van der Waals surface area contributed by atoms with Crippen molar-refractivity contribution < 1.29 is 4.40 Å². The Morgan fingerprint density at radius 3 is 2.54 bits per heavy atom. The standard InChI is InChI=1S/C22H17N4/c1-22(2)17-12-15-8-4-3-7-14(15)11-16(17)19-20-21(24-13-23-19)25-10-6-5-9-18(25)26(20)22/h3-13H,1-2H3/q+1. The van der Waals surface area contributed by atoms with Crippen LogP contribution in [-0.4, -0.2) is 14.5 Å². The number of rotatable bonds is 0. The minimum Gasteiger partial charge on any atom is -0.242 e. The second-order valence-electron chi connectivity index (χ2n) is 7.46. The summed E-state index contributed by atoms with van der Waals surface area (Å²) in [6.07, 6.45) is 3.76. The van der Waals surface area contributed by atoms with Crippen LogP contribution in [-0.2, 0) is 5.54 Å². The van der Waals surface area contributed by atoms with Crippen LogP contribution in [0.4, 0.5) is 0 Å². The summed E-state index contributed by atoms with van der Waals surface area (Å²) in [7, 11) is 0. The normalized spacial score (nSPS) is 14.8. The summed E-state index contributed by atoms with van der Waals surface area (Å²) in [4.78, 5) is 9.31. The number of aromatic nitrogens is 4. The van der Waals surface area contributed by atoms with Gasteiger partial charge >= 0.3 is 5.65 Å². The average molecular weight is 337 g/mol. The molecule has 0 spiro atoms. The number of hydrogen-bond acceptors (Lipinski definition) is 2. The molecule has 0 saturated carbocycles. The zero-order valence-electron chi connectivity index (χ0n) is 14.6. The fourth-order valence-corrected chi connectivity index (χ4v) is 4.49. The molecule has 0 aliphatic carbocycles. The van der Waals surface area contributed by atoms with E-state index in [0.29, 0.717) is 0 Å². The molecule has 4 nitrogen and oxygen atoms in total. The smallest absolute Gasteiger partial charge is 0.242 e. The molecular formula is C22H17N4+. The largest absolute Gasteiger partial charge is 0.310 e. The van der Waals surface area contributed by atoms with Crippen LogP contribution in [0.3, 0.4) is 0 Å². The zero-order chi connectivity index (χ0) is 17.5. The van der Waals surface area contributed by atoms with E-state index in [-0.39, 0.29) is 5.54 Å². The van der Waals surface area contributed by atoms with E-state index >= 15 is 0 Å². The number of pyridine rings is 1. The lowest BCUT2D eigenvalue weighted by atomic mass is 9.83. The second-order valence-corrected chi connectivity index (χ2v) is 7.46. The van der Waals surface area contributed by atoms with E-state index in [2.05, 4.69) is 82.5 Å². The quantitative estimate of drug-likeness (QED) is 0.399. The molecule has 2 aromatic carbocycles. The maximum atomic E-state index is 4.70. The molecule has 0 fully saturated rings. The summed E-state index contributed by atoms with van der Waals surface area (Å²) in [5, 5.41) is 2.50. The van der Waals surface area contributed by atoms with Crippen molar-refractivity contribution >= 4 is 27.6 Å². The van der Waals surface area contributed by atoms with Gasteiger partial charge < -0.3 is 0 Å². The summed E-state index contributed by atoms with van der Waals surface area (Å²) < 4.78 is 4.54. The van der Waals surface area contributed by atoms with Crippen LogP contribution in [0.25, 0.3) is 38.8 Å². The van der Waals surface area contributed by atoms with E-state index in [0.717, 1.165) is 22.5 Å². The molecule has 124 valence electrons. The monoisotopic (exact) mass is 337 g/mol. The third-order valence-electron chi connectivity index (χ3n) is 5.68. The molecule has 5 aromatic rings. The van der Waals surface area contributed by atoms with E-state index in [1.165, 1.54) is 21.9 Å². The molecule has 0 bridgehead atoms. The van der Waals surface area contributed by atoms with Crippen molar-refractivity contribution in [2.45, 2.75) is 19.4 Å². The SMILES string of the molecule is CC1(C)c2cc3ccccc3cc2-c2ncnc3c2n1c1cccc[n+]31. The third-order valence-corrected chi connectivity index (χ3v) is 5.68. The molecule has 0 radical (unpaired) electrons. The van der Waals surface area contributed by atoms with Crippen LogP contribution in [0.15, 0.2) is 67.1 Å². The first-order chi connectivity index (χ1) is 12.7. The van der Waals surface area contributed by atoms with Gasteiger partial charge in [0, 0.05) is 17.2 Å². The van der Waals surface area contributed by atoms with Gasteiger partial charge in [0.05, 0.1) is 6.20 Å². The highest BCUT2D eigenvalue weighted by atomic mass is 15.2. The Morgan fingerprint density at radius 1 is 0.923 bits per heavy atom. The molecule has 0 unspecified atom stereocenters. The van der Waals surface area contributed by atoms with Gasteiger partial charge in [0.25, 0.3) is 0 Å². The fourth-order valence-electron chi connectivity index (χ4n) is 4.49. The molecule has 1 aliphatic heterocycles. The van der Waals surface area contributed by atoms with Gasteiger partial charge in [0.2, 0.25) is 11.2 Å². The molecule has 4 heteroatoms. The lowest BCUT2D eigenvalue weighted by Crippen LogP contribution is -2.32. The van der Waals surface area contributed by atoms with Crippen molar-refractivity contribution in [3.63, 3.8) is 0 Å². The van der Waals surface area contributed by atoms with Crippen LogP contribution in [0.2, 0.25) is 0 Å². The number of hydrogen-bond donors (Lipinski definition) is 0. The van der Waals surface area contributed by atoms with Crippen molar-refractivity contribution in [1.82, 2.24) is 14.5 Å². The molecule has 0 atom stereocenters. The van der Waals surface area contributed by atoms with Crippen molar-refractivity contribution in [3.05, 3.63) is 72.7 Å². The molecule has 26 heavy (non-hydrogen) atoms. The van der Waals surface area contributed by atoms with Crippen molar-refractivity contribution in [1.29, 1.82) is 0 Å². The lowest BCUT2D eigenvalue weighted by molar-refractivity contribution is -0.484. The zero-order valence-corrected chi connectivity index (χ0v) is 14.6. The highest BCUT2D eigenvalue weighted by Crippen LogP contribution is 2.44. The minimum absolute atomic E-state index is 0.203. The summed E-state index contributed by atoms with van der Waals surface area (Å²) >= 11 is 0. The van der Waals surface area contributed by atoms with Crippen LogP contribution in [0, 0.1) is 0 Å². The van der Waals surface area contributed by atoms with Crippen LogP contribution in [0.5, 0.6) is 0 Å². The Kier molecular flexibility index (Phi) is 2.40. The van der Waals surface area contributed by atoms with Crippen molar-refractivity contribution in [3.8, 4) is 11.3 Å². The summed E-state index contributed by atoms with van der Waals surface area (Å²) in [5.74, 6) is 0. The minimum atomic E-state index is -0.203. The highest BCUT2D eigenvalue weighted by Gasteiger charge is 2.41. The van der Waals surface area contributed by atoms with Crippen LogP contribution < -0.4 is 4.40 Å². The Bertz CT molecular complexity index is 1360. The lowest BCUT2D eigenvalue weighted by Gasteiger charge is -2.31. The molecule has 0 N–H and O–H groups in total. The topological polar surface area (TPSA) is 34.8 Å². The highest BCUT2D eigenvalue weighted by molar-refractivity contribution is 5.97. The van der Waals surface area contributed by atoms with Crippen LogP contribution in [0.1, 0.15) is 19.4 Å². The summed E-state index contributed by atoms with van der Waals surface area (Å²) in [6, 6.07) is 19.4. The predicted molar refractivity (Wildman–Crippen MR) is 102 cm³/mol. The Balaban J connectivity index is 1.89. The van der Waals surface area contributed by atoms with Gasteiger partial charge in [-0.2, -0.15) is 4.40 Å². The maximum Gasteiger partial charge on any atom is 0.310 e. The Morgan fingerprint density at radius 2 is 1.69 bits per heavy atom. The number of imidazole rings is 1. The molecular weight excluding hydrogens is 320 g/mol. The third kappa shape index (κ3) is 1.53. The maximum absolute atomic E-state index is 4.70. The Hall–Kier alpha value is -3.27.